The molecule has 0 atom stereocenters. The molecule has 0 amide bonds. The molecule has 0 aromatic rings. The molecule has 11 heavy (non-hydrogen) atoms. The number of rotatable bonds is 1. The molecule has 0 spiro atoms. The standard InChI is InChI=1S/C4H8NO4P.ClH/c1-4-5(2-3-9-4)10(6,7)8;/h2-3H2,1H3,(H-,6,7,8);1H. The Morgan fingerprint density at radius 1 is 1.64 bits per heavy atom. The summed E-state index contributed by atoms with van der Waals surface area (Å²) in [4.78, 5) is 17.2. The zero-order valence-electron chi connectivity index (χ0n) is 5.90. The minimum atomic E-state index is -4.10. The summed E-state index contributed by atoms with van der Waals surface area (Å²) in [7, 11) is -4.10. The molecule has 0 aromatic carbocycles. The Labute approximate surface area is 70.3 Å². The van der Waals surface area contributed by atoms with Crippen molar-refractivity contribution in [3.8, 4) is 0 Å². The maximum absolute atomic E-state index is 10.6. The zero-order chi connectivity index (χ0) is 7.78. The largest absolute Gasteiger partial charge is 1.00 e. The van der Waals surface area contributed by atoms with Gasteiger partial charge in [-0.3, -0.25) is 9.79 Å². The predicted octanol–water partition coefficient (Wildman–Crippen LogP) is -3.46. The fourth-order valence-electron chi connectivity index (χ4n) is 0.825. The van der Waals surface area contributed by atoms with Crippen molar-refractivity contribution in [1.82, 2.24) is 0 Å². The first-order valence-corrected chi connectivity index (χ1v) is 4.38. The van der Waals surface area contributed by atoms with E-state index in [1.54, 1.807) is 0 Å². The van der Waals surface area contributed by atoms with Crippen molar-refractivity contribution < 1.29 is 35.8 Å². The van der Waals surface area contributed by atoms with Crippen LogP contribution < -0.4 is 12.4 Å². The van der Waals surface area contributed by atoms with E-state index in [0.29, 0.717) is 12.5 Å². The lowest BCUT2D eigenvalue weighted by Crippen LogP contribution is -3.00. The fraction of sp³-hybridized carbons (Fsp3) is 0.750. The maximum Gasteiger partial charge on any atom is 0.605 e. The van der Waals surface area contributed by atoms with E-state index < -0.39 is 7.75 Å². The van der Waals surface area contributed by atoms with Gasteiger partial charge in [0, 0.05) is 0 Å². The molecule has 0 radical (unpaired) electrons. The number of halogens is 1. The molecule has 0 saturated heterocycles. The molecule has 0 bridgehead atoms. The second-order valence-corrected chi connectivity index (χ2v) is 3.51. The Bertz CT molecular complexity index is 222. The summed E-state index contributed by atoms with van der Waals surface area (Å²) in [5.74, 6) is 0.299. The second kappa shape index (κ2) is 3.54. The molecule has 1 aliphatic heterocycles. The fourth-order valence-corrected chi connectivity index (χ4v) is 1.59. The average molecular weight is 202 g/mol. The molecular formula is C4H9ClNO4P. The summed E-state index contributed by atoms with van der Waals surface area (Å²) in [6.45, 7) is 2.17. The van der Waals surface area contributed by atoms with Crippen LogP contribution in [0.1, 0.15) is 6.92 Å². The van der Waals surface area contributed by atoms with Gasteiger partial charge in [0.25, 0.3) is 0 Å². The van der Waals surface area contributed by atoms with E-state index in [0.717, 1.165) is 4.35 Å². The maximum atomic E-state index is 10.6. The van der Waals surface area contributed by atoms with E-state index in [1.165, 1.54) is 6.92 Å². The third-order valence-electron chi connectivity index (χ3n) is 1.29. The Hall–Kier alpha value is -0.0900. The van der Waals surface area contributed by atoms with Crippen molar-refractivity contribution in [2.45, 2.75) is 6.92 Å². The van der Waals surface area contributed by atoms with Gasteiger partial charge >= 0.3 is 13.6 Å². The number of hydrogen-bond acceptors (Lipinski definition) is 2. The van der Waals surface area contributed by atoms with Crippen LogP contribution >= 0.6 is 7.75 Å². The quantitative estimate of drug-likeness (QED) is 0.433. The Morgan fingerprint density at radius 3 is 2.36 bits per heavy atom. The smallest absolute Gasteiger partial charge is 0.605 e. The minimum Gasteiger partial charge on any atom is -1.00 e. The third kappa shape index (κ3) is 2.45. The van der Waals surface area contributed by atoms with Crippen LogP contribution in [0.15, 0.2) is 0 Å². The summed E-state index contributed by atoms with van der Waals surface area (Å²) < 4.78 is 16.4. The molecule has 0 aliphatic carbocycles. The highest BCUT2D eigenvalue weighted by molar-refractivity contribution is 7.45. The lowest BCUT2D eigenvalue weighted by Gasteiger charge is -1.95. The van der Waals surface area contributed by atoms with E-state index in [1.807, 2.05) is 0 Å². The molecule has 66 valence electrons. The van der Waals surface area contributed by atoms with Gasteiger partial charge in [-0.2, -0.15) is 4.57 Å². The minimum absolute atomic E-state index is 0. The molecule has 5 nitrogen and oxygen atoms in total. The van der Waals surface area contributed by atoms with Gasteiger partial charge < -0.3 is 17.1 Å². The summed E-state index contributed by atoms with van der Waals surface area (Å²) in [5.41, 5.74) is 0. The molecule has 0 fully saturated rings. The summed E-state index contributed by atoms with van der Waals surface area (Å²) in [6.07, 6.45) is 0. The zero-order valence-corrected chi connectivity index (χ0v) is 7.55. The van der Waals surface area contributed by atoms with Crippen molar-refractivity contribution in [3.63, 3.8) is 0 Å². The van der Waals surface area contributed by atoms with Crippen molar-refractivity contribution >= 4 is 13.6 Å². The van der Waals surface area contributed by atoms with E-state index in [9.17, 15) is 4.57 Å². The molecule has 1 aliphatic rings. The van der Waals surface area contributed by atoms with Crippen LogP contribution in [0.25, 0.3) is 0 Å². The average Bonchev–Trinajstić information content (AvgIpc) is 2.11. The van der Waals surface area contributed by atoms with Gasteiger partial charge in [-0.25, -0.2) is 0 Å². The van der Waals surface area contributed by atoms with Crippen molar-refractivity contribution in [2.75, 3.05) is 13.2 Å². The van der Waals surface area contributed by atoms with E-state index in [-0.39, 0.29) is 19.0 Å². The molecule has 0 aromatic heterocycles. The first kappa shape index (κ1) is 10.9. The second-order valence-electron chi connectivity index (χ2n) is 2.00. The van der Waals surface area contributed by atoms with Gasteiger partial charge in [-0.15, -0.1) is 4.35 Å². The third-order valence-corrected chi connectivity index (χ3v) is 2.40. The summed E-state index contributed by atoms with van der Waals surface area (Å²) in [5, 5.41) is 0. The SMILES string of the molecule is CC1=[N+](P(=O)(O)O)CCO1.[Cl-]. The lowest BCUT2D eigenvalue weighted by molar-refractivity contribution is -0.386. The van der Waals surface area contributed by atoms with Crippen molar-refractivity contribution in [1.29, 1.82) is 0 Å². The number of nitrogens with zero attached hydrogens (tertiary/aromatic N) is 1. The van der Waals surface area contributed by atoms with Gasteiger partial charge in [0.05, 0.1) is 6.92 Å². The molecule has 0 saturated carbocycles. The number of ether oxygens (including phenoxy) is 1. The van der Waals surface area contributed by atoms with Crippen molar-refractivity contribution in [3.05, 3.63) is 0 Å². The normalized spacial score (nSPS) is 17.7. The molecule has 7 heteroatoms. The van der Waals surface area contributed by atoms with Crippen LogP contribution in [0.2, 0.25) is 0 Å². The molecule has 0 unspecified atom stereocenters. The topological polar surface area (TPSA) is 69.8 Å². The highest BCUT2D eigenvalue weighted by atomic mass is 35.5. The van der Waals surface area contributed by atoms with Crippen LogP contribution in [0.5, 0.6) is 0 Å². The van der Waals surface area contributed by atoms with Gasteiger partial charge in [-0.1, -0.05) is 0 Å². The monoisotopic (exact) mass is 201 g/mol. The number of hydrogen-bond donors (Lipinski definition) is 2. The Morgan fingerprint density at radius 2 is 2.18 bits per heavy atom. The van der Waals surface area contributed by atoms with Crippen LogP contribution in [0.3, 0.4) is 0 Å². The first-order valence-electron chi connectivity index (χ1n) is 2.82. The summed E-state index contributed by atoms with van der Waals surface area (Å²) >= 11 is 0. The highest BCUT2D eigenvalue weighted by Crippen LogP contribution is 2.36. The Balaban J connectivity index is 0.000001000. The highest BCUT2D eigenvalue weighted by Gasteiger charge is 2.36. The predicted molar refractivity (Wildman–Crippen MR) is 33.8 cm³/mol. The lowest BCUT2D eigenvalue weighted by atomic mass is 10.7. The van der Waals surface area contributed by atoms with Crippen LogP contribution in [0.4, 0.5) is 0 Å². The Kier molecular flexibility index (Phi) is 3.51. The van der Waals surface area contributed by atoms with Crippen LogP contribution in [0, 0.1) is 0 Å². The molecule has 1 heterocycles. The molecule has 2 N–H and O–H groups in total. The molecular weight excluding hydrogens is 192 g/mol. The van der Waals surface area contributed by atoms with Gasteiger partial charge in [0.1, 0.15) is 0 Å². The molecule has 1 rings (SSSR count). The van der Waals surface area contributed by atoms with E-state index >= 15 is 0 Å². The summed E-state index contributed by atoms with van der Waals surface area (Å²) in [6, 6.07) is 0. The van der Waals surface area contributed by atoms with Crippen LogP contribution in [-0.4, -0.2) is 33.2 Å². The van der Waals surface area contributed by atoms with Gasteiger partial charge in [0.2, 0.25) is 0 Å². The van der Waals surface area contributed by atoms with Crippen molar-refractivity contribution in [2.24, 2.45) is 0 Å². The van der Waals surface area contributed by atoms with Crippen LogP contribution in [-0.2, 0) is 9.30 Å². The van der Waals surface area contributed by atoms with Gasteiger partial charge in [0.15, 0.2) is 13.2 Å². The van der Waals surface area contributed by atoms with Gasteiger partial charge in [-0.05, 0) is 0 Å². The van der Waals surface area contributed by atoms with E-state index in [4.69, 9.17) is 14.5 Å². The first-order chi connectivity index (χ1) is 4.52. The van der Waals surface area contributed by atoms with E-state index in [2.05, 4.69) is 0 Å².